The molecule has 1 aromatic rings. The number of piperidine rings is 1. The summed E-state index contributed by atoms with van der Waals surface area (Å²) < 4.78 is 4.89. The predicted octanol–water partition coefficient (Wildman–Crippen LogP) is 1.60. The highest BCUT2D eigenvalue weighted by Crippen LogP contribution is 2.17. The third-order valence-corrected chi connectivity index (χ3v) is 3.82. The molecule has 5 nitrogen and oxygen atoms in total. The van der Waals surface area contributed by atoms with E-state index < -0.39 is 11.9 Å². The topological polar surface area (TPSA) is 63.7 Å². The van der Waals surface area contributed by atoms with E-state index in [9.17, 15) is 14.4 Å². The largest absolute Gasteiger partial charge is 0.465 e. The molecule has 1 aromatic carbocycles. The van der Waals surface area contributed by atoms with Crippen LogP contribution in [-0.4, -0.2) is 42.3 Å². The molecule has 1 heterocycles. The van der Waals surface area contributed by atoms with E-state index in [0.717, 1.165) is 5.56 Å². The van der Waals surface area contributed by atoms with E-state index in [-0.39, 0.29) is 24.8 Å². The van der Waals surface area contributed by atoms with Crippen LogP contribution in [0.25, 0.3) is 0 Å². The number of aryl methyl sites for hydroxylation is 1. The second-order valence-corrected chi connectivity index (χ2v) is 5.36. The molecule has 1 atom stereocenters. The number of carbonyl (C=O) groups excluding carboxylic acids is 3. The van der Waals surface area contributed by atoms with E-state index >= 15 is 0 Å². The number of benzene rings is 1. The predicted molar refractivity (Wildman–Crippen MR) is 81.1 cm³/mol. The second-order valence-electron chi connectivity index (χ2n) is 5.36. The minimum atomic E-state index is -0.710. The lowest BCUT2D eigenvalue weighted by Gasteiger charge is -2.29. The van der Waals surface area contributed by atoms with Gasteiger partial charge in [-0.1, -0.05) is 30.3 Å². The SMILES string of the molecule is CCOC(=O)C1CCN(C(=O)CCc2ccccc2)CC1=O. The van der Waals surface area contributed by atoms with Crippen LogP contribution in [0.3, 0.4) is 0 Å². The molecule has 0 aliphatic carbocycles. The number of ketones is 1. The molecule has 0 spiro atoms. The summed E-state index contributed by atoms with van der Waals surface area (Å²) in [6, 6.07) is 9.77. The Labute approximate surface area is 130 Å². The number of nitrogens with zero attached hydrogens (tertiary/aromatic N) is 1. The number of hydrogen-bond donors (Lipinski definition) is 0. The average Bonchev–Trinajstić information content (AvgIpc) is 2.53. The zero-order valence-electron chi connectivity index (χ0n) is 12.8. The van der Waals surface area contributed by atoms with Gasteiger partial charge in [0.1, 0.15) is 5.92 Å². The molecule has 0 bridgehead atoms. The summed E-state index contributed by atoms with van der Waals surface area (Å²) in [6.07, 6.45) is 1.39. The first-order chi connectivity index (χ1) is 10.6. The van der Waals surface area contributed by atoms with Crippen LogP contribution in [0.15, 0.2) is 30.3 Å². The van der Waals surface area contributed by atoms with Crippen molar-refractivity contribution in [2.24, 2.45) is 5.92 Å². The molecular formula is C17H21NO4. The Kier molecular flexibility index (Phi) is 5.69. The van der Waals surface area contributed by atoms with Gasteiger partial charge in [0.05, 0.1) is 13.2 Å². The van der Waals surface area contributed by atoms with Crippen molar-refractivity contribution in [3.63, 3.8) is 0 Å². The molecule has 1 aliphatic heterocycles. The average molecular weight is 303 g/mol. The highest BCUT2D eigenvalue weighted by atomic mass is 16.5. The first-order valence-electron chi connectivity index (χ1n) is 7.63. The number of Topliss-reactive ketones (excluding diaryl/α,β-unsaturated/α-hetero) is 1. The van der Waals surface area contributed by atoms with Crippen molar-refractivity contribution in [2.45, 2.75) is 26.2 Å². The van der Waals surface area contributed by atoms with Gasteiger partial charge in [-0.3, -0.25) is 14.4 Å². The Morgan fingerprint density at radius 2 is 2.00 bits per heavy atom. The Balaban J connectivity index is 1.83. The van der Waals surface area contributed by atoms with Crippen LogP contribution in [0.1, 0.15) is 25.3 Å². The smallest absolute Gasteiger partial charge is 0.316 e. The summed E-state index contributed by atoms with van der Waals surface area (Å²) in [5.41, 5.74) is 1.10. The van der Waals surface area contributed by atoms with Crippen molar-refractivity contribution in [1.29, 1.82) is 0 Å². The number of amides is 1. The Morgan fingerprint density at radius 1 is 1.27 bits per heavy atom. The highest BCUT2D eigenvalue weighted by Gasteiger charge is 2.34. The monoisotopic (exact) mass is 303 g/mol. The molecule has 0 aromatic heterocycles. The van der Waals surface area contributed by atoms with Gasteiger partial charge >= 0.3 is 5.97 Å². The Morgan fingerprint density at radius 3 is 2.64 bits per heavy atom. The first kappa shape index (κ1) is 16.2. The summed E-state index contributed by atoms with van der Waals surface area (Å²) in [7, 11) is 0. The van der Waals surface area contributed by atoms with Crippen LogP contribution in [0.5, 0.6) is 0 Å². The zero-order valence-corrected chi connectivity index (χ0v) is 12.8. The van der Waals surface area contributed by atoms with Crippen molar-refractivity contribution in [2.75, 3.05) is 19.7 Å². The third-order valence-electron chi connectivity index (χ3n) is 3.82. The molecule has 0 N–H and O–H groups in total. The molecule has 1 amide bonds. The maximum atomic E-state index is 12.2. The molecule has 0 radical (unpaired) electrons. The van der Waals surface area contributed by atoms with Crippen molar-refractivity contribution in [3.8, 4) is 0 Å². The molecule has 2 rings (SSSR count). The summed E-state index contributed by atoms with van der Waals surface area (Å²) >= 11 is 0. The van der Waals surface area contributed by atoms with Crippen molar-refractivity contribution >= 4 is 17.7 Å². The number of rotatable bonds is 5. The van der Waals surface area contributed by atoms with Crippen LogP contribution >= 0.6 is 0 Å². The van der Waals surface area contributed by atoms with Gasteiger partial charge in [-0.2, -0.15) is 0 Å². The van der Waals surface area contributed by atoms with E-state index in [0.29, 0.717) is 25.8 Å². The van der Waals surface area contributed by atoms with E-state index in [2.05, 4.69) is 0 Å². The zero-order chi connectivity index (χ0) is 15.9. The van der Waals surface area contributed by atoms with Gasteiger partial charge in [0.25, 0.3) is 0 Å². The lowest BCUT2D eigenvalue weighted by Crippen LogP contribution is -2.46. The minimum absolute atomic E-state index is 0.0110. The number of esters is 1. The lowest BCUT2D eigenvalue weighted by atomic mass is 9.95. The fraction of sp³-hybridized carbons (Fsp3) is 0.471. The van der Waals surface area contributed by atoms with E-state index in [1.54, 1.807) is 11.8 Å². The number of likely N-dealkylation sites (tertiary alicyclic amines) is 1. The van der Waals surface area contributed by atoms with Crippen molar-refractivity contribution in [1.82, 2.24) is 4.90 Å². The van der Waals surface area contributed by atoms with Gasteiger partial charge in [-0.05, 0) is 25.3 Å². The van der Waals surface area contributed by atoms with Crippen LogP contribution in [0, 0.1) is 5.92 Å². The van der Waals surface area contributed by atoms with Gasteiger partial charge in [0, 0.05) is 13.0 Å². The molecule has 1 saturated heterocycles. The molecular weight excluding hydrogens is 282 g/mol. The minimum Gasteiger partial charge on any atom is -0.465 e. The molecule has 118 valence electrons. The van der Waals surface area contributed by atoms with Crippen LogP contribution < -0.4 is 0 Å². The number of ether oxygens (including phenoxy) is 1. The summed E-state index contributed by atoms with van der Waals surface area (Å²) in [6.45, 7) is 2.42. The molecule has 22 heavy (non-hydrogen) atoms. The molecule has 1 unspecified atom stereocenters. The second kappa shape index (κ2) is 7.73. The van der Waals surface area contributed by atoms with Crippen molar-refractivity contribution in [3.05, 3.63) is 35.9 Å². The highest BCUT2D eigenvalue weighted by molar-refractivity contribution is 6.01. The van der Waals surface area contributed by atoms with Gasteiger partial charge in [-0.25, -0.2) is 0 Å². The molecule has 1 aliphatic rings. The lowest BCUT2D eigenvalue weighted by molar-refractivity contribution is -0.156. The van der Waals surface area contributed by atoms with Crippen molar-refractivity contribution < 1.29 is 19.1 Å². The number of hydrogen-bond acceptors (Lipinski definition) is 4. The molecule has 5 heteroatoms. The Bertz CT molecular complexity index is 541. The van der Waals surface area contributed by atoms with E-state index in [1.807, 2.05) is 30.3 Å². The summed E-state index contributed by atoms with van der Waals surface area (Å²) in [4.78, 5) is 37.4. The third kappa shape index (κ3) is 4.16. The summed E-state index contributed by atoms with van der Waals surface area (Å²) in [5, 5.41) is 0. The van der Waals surface area contributed by atoms with Gasteiger partial charge in [-0.15, -0.1) is 0 Å². The van der Waals surface area contributed by atoms with E-state index in [4.69, 9.17) is 4.74 Å². The van der Waals surface area contributed by atoms with E-state index in [1.165, 1.54) is 0 Å². The van der Waals surface area contributed by atoms with Gasteiger partial charge in [0.15, 0.2) is 5.78 Å². The normalized spacial score (nSPS) is 18.1. The fourth-order valence-electron chi connectivity index (χ4n) is 2.58. The Hall–Kier alpha value is -2.17. The summed E-state index contributed by atoms with van der Waals surface area (Å²) in [5.74, 6) is -1.45. The van der Waals surface area contributed by atoms with Gasteiger partial charge < -0.3 is 9.64 Å². The standard InChI is InChI=1S/C17H21NO4/c1-2-22-17(21)14-10-11-18(12-15(14)19)16(20)9-8-13-6-4-3-5-7-13/h3-7,14H,2,8-12H2,1H3. The van der Waals surface area contributed by atoms with Crippen LogP contribution in [0.4, 0.5) is 0 Å². The number of carbonyl (C=O) groups is 3. The first-order valence-corrected chi connectivity index (χ1v) is 7.63. The van der Waals surface area contributed by atoms with Gasteiger partial charge in [0.2, 0.25) is 5.91 Å². The maximum absolute atomic E-state index is 12.2. The quantitative estimate of drug-likeness (QED) is 0.612. The molecule has 1 fully saturated rings. The molecule has 0 saturated carbocycles. The fourth-order valence-corrected chi connectivity index (χ4v) is 2.58. The van der Waals surface area contributed by atoms with Crippen LogP contribution in [-0.2, 0) is 25.5 Å². The van der Waals surface area contributed by atoms with Crippen LogP contribution in [0.2, 0.25) is 0 Å². The maximum Gasteiger partial charge on any atom is 0.316 e.